The molecule has 0 saturated heterocycles. The van der Waals surface area contributed by atoms with Gasteiger partial charge in [0.25, 0.3) is 11.6 Å². The summed E-state index contributed by atoms with van der Waals surface area (Å²) in [6, 6.07) is 11.5. The van der Waals surface area contributed by atoms with E-state index in [4.69, 9.17) is 10.8 Å². The Labute approximate surface area is 132 Å². The second-order valence-corrected chi connectivity index (χ2v) is 4.98. The molecule has 0 unspecified atom stereocenters. The minimum absolute atomic E-state index is 0.0199. The number of hydrogen-bond donors (Lipinski definition) is 3. The lowest BCUT2D eigenvalue weighted by Crippen LogP contribution is -2.27. The summed E-state index contributed by atoms with van der Waals surface area (Å²) in [6.45, 7) is 0.302. The van der Waals surface area contributed by atoms with Crippen molar-refractivity contribution in [2.24, 2.45) is 0 Å². The maximum atomic E-state index is 12.2. The number of nitro groups is 1. The topological polar surface area (TPSA) is 118 Å². The zero-order valence-corrected chi connectivity index (χ0v) is 12.4. The van der Waals surface area contributed by atoms with Crippen LogP contribution in [0.3, 0.4) is 0 Å². The van der Waals surface area contributed by atoms with Gasteiger partial charge >= 0.3 is 0 Å². The molecule has 0 saturated carbocycles. The third-order valence-corrected chi connectivity index (χ3v) is 3.40. The van der Waals surface area contributed by atoms with Crippen LogP contribution in [0, 0.1) is 10.1 Å². The van der Waals surface area contributed by atoms with Crippen molar-refractivity contribution >= 4 is 17.3 Å². The van der Waals surface area contributed by atoms with Crippen LogP contribution in [0.25, 0.3) is 0 Å². The van der Waals surface area contributed by atoms with Crippen molar-refractivity contribution in [2.45, 2.75) is 13.0 Å². The minimum atomic E-state index is -0.626. The fourth-order valence-corrected chi connectivity index (χ4v) is 2.18. The van der Waals surface area contributed by atoms with E-state index >= 15 is 0 Å². The van der Waals surface area contributed by atoms with Crippen LogP contribution in [0.2, 0.25) is 0 Å². The number of nitrogen functional groups attached to an aromatic ring is 1. The van der Waals surface area contributed by atoms with E-state index in [1.807, 2.05) is 12.1 Å². The van der Waals surface area contributed by atoms with E-state index in [1.54, 1.807) is 12.1 Å². The molecule has 0 aliphatic carbocycles. The van der Waals surface area contributed by atoms with Crippen LogP contribution >= 0.6 is 0 Å². The van der Waals surface area contributed by atoms with Crippen molar-refractivity contribution in [1.82, 2.24) is 5.32 Å². The van der Waals surface area contributed by atoms with Crippen molar-refractivity contribution in [3.63, 3.8) is 0 Å². The molecule has 1 amide bonds. The van der Waals surface area contributed by atoms with Crippen LogP contribution in [-0.4, -0.2) is 22.5 Å². The molecule has 0 atom stereocenters. The first-order valence-corrected chi connectivity index (χ1v) is 7.02. The fraction of sp³-hybridized carbons (Fsp3) is 0.188. The molecule has 0 fully saturated rings. The lowest BCUT2D eigenvalue weighted by molar-refractivity contribution is -0.385. The quantitative estimate of drug-likeness (QED) is 0.425. The predicted molar refractivity (Wildman–Crippen MR) is 85.9 cm³/mol. The molecule has 2 rings (SSSR count). The van der Waals surface area contributed by atoms with Crippen molar-refractivity contribution in [3.05, 3.63) is 69.3 Å². The van der Waals surface area contributed by atoms with Gasteiger partial charge in [-0.3, -0.25) is 14.9 Å². The second kappa shape index (κ2) is 7.37. The predicted octanol–water partition coefficient (Wildman–Crippen LogP) is 1.64. The maximum Gasteiger partial charge on any atom is 0.284 e. The zero-order chi connectivity index (χ0) is 16.8. The van der Waals surface area contributed by atoms with Gasteiger partial charge in [-0.1, -0.05) is 30.3 Å². The van der Waals surface area contributed by atoms with E-state index in [-0.39, 0.29) is 23.5 Å². The Morgan fingerprint density at radius 1 is 1.17 bits per heavy atom. The van der Waals surface area contributed by atoms with Crippen LogP contribution in [0.15, 0.2) is 42.5 Å². The number of nitro benzene ring substituents is 1. The number of amides is 1. The number of nitrogens with one attached hydrogen (secondary N) is 1. The number of hydrogen-bond acceptors (Lipinski definition) is 5. The second-order valence-electron chi connectivity index (χ2n) is 4.98. The average molecular weight is 315 g/mol. The SMILES string of the molecule is Nc1cccc([N+](=O)[O-])c1C(=O)NCCc1ccc(CO)cc1. The Balaban J connectivity index is 2.01. The Bertz CT molecular complexity index is 714. The molecule has 7 heteroatoms. The van der Waals surface area contributed by atoms with Crippen molar-refractivity contribution in [3.8, 4) is 0 Å². The molecule has 2 aromatic carbocycles. The third kappa shape index (κ3) is 4.04. The molecule has 0 bridgehead atoms. The number of aliphatic hydroxyl groups is 1. The van der Waals surface area contributed by atoms with E-state index in [0.29, 0.717) is 13.0 Å². The molecule has 4 N–H and O–H groups in total. The molecule has 0 aliphatic heterocycles. The number of rotatable bonds is 6. The summed E-state index contributed by atoms with van der Waals surface area (Å²) < 4.78 is 0. The standard InChI is InChI=1S/C16H17N3O4/c17-13-2-1-3-14(19(22)23)15(13)16(21)18-9-8-11-4-6-12(10-20)7-5-11/h1-7,20H,8-10,17H2,(H,18,21). The highest BCUT2D eigenvalue weighted by molar-refractivity contribution is 6.03. The van der Waals surface area contributed by atoms with Crippen LogP contribution in [0.1, 0.15) is 21.5 Å². The molecule has 23 heavy (non-hydrogen) atoms. The summed E-state index contributed by atoms with van der Waals surface area (Å²) >= 11 is 0. The Kier molecular flexibility index (Phi) is 5.27. The summed E-state index contributed by atoms with van der Waals surface area (Å²) in [5.74, 6) is -0.568. The molecule has 0 radical (unpaired) electrons. The van der Waals surface area contributed by atoms with Crippen molar-refractivity contribution in [1.29, 1.82) is 0 Å². The minimum Gasteiger partial charge on any atom is -0.398 e. The number of nitrogens with two attached hydrogens (primary N) is 1. The van der Waals surface area contributed by atoms with Gasteiger partial charge in [0.05, 0.1) is 17.2 Å². The highest BCUT2D eigenvalue weighted by atomic mass is 16.6. The summed E-state index contributed by atoms with van der Waals surface area (Å²) in [7, 11) is 0. The van der Waals surface area contributed by atoms with Gasteiger partial charge in [-0.25, -0.2) is 0 Å². The molecule has 0 aliphatic rings. The molecule has 7 nitrogen and oxygen atoms in total. The Morgan fingerprint density at radius 3 is 2.43 bits per heavy atom. The van der Waals surface area contributed by atoms with Gasteiger partial charge in [0, 0.05) is 12.6 Å². The fourth-order valence-electron chi connectivity index (χ4n) is 2.18. The van der Waals surface area contributed by atoms with E-state index in [9.17, 15) is 14.9 Å². The summed E-state index contributed by atoms with van der Waals surface area (Å²) in [5, 5.41) is 22.6. The van der Waals surface area contributed by atoms with Gasteiger partial charge in [-0.05, 0) is 23.6 Å². The largest absolute Gasteiger partial charge is 0.398 e. The monoisotopic (exact) mass is 315 g/mol. The average Bonchev–Trinajstić information content (AvgIpc) is 2.55. The summed E-state index contributed by atoms with van der Waals surface area (Å²) in [4.78, 5) is 22.5. The normalized spacial score (nSPS) is 10.3. The lowest BCUT2D eigenvalue weighted by Gasteiger charge is -2.08. The molecule has 2 aromatic rings. The van der Waals surface area contributed by atoms with Crippen molar-refractivity contribution < 1.29 is 14.8 Å². The number of nitrogens with zero attached hydrogens (tertiary/aromatic N) is 1. The van der Waals surface area contributed by atoms with Gasteiger partial charge in [-0.2, -0.15) is 0 Å². The van der Waals surface area contributed by atoms with Crippen molar-refractivity contribution in [2.75, 3.05) is 12.3 Å². The van der Waals surface area contributed by atoms with Crippen LogP contribution in [0.5, 0.6) is 0 Å². The summed E-state index contributed by atoms with van der Waals surface area (Å²) in [6.07, 6.45) is 0.567. The zero-order valence-electron chi connectivity index (χ0n) is 12.4. The van der Waals surface area contributed by atoms with Gasteiger partial charge in [0.1, 0.15) is 5.56 Å². The number of anilines is 1. The first-order chi connectivity index (χ1) is 11.0. The Hall–Kier alpha value is -2.93. The molecule has 0 heterocycles. The van der Waals surface area contributed by atoms with Gasteiger partial charge < -0.3 is 16.2 Å². The number of aliphatic hydroxyl groups excluding tert-OH is 1. The highest BCUT2D eigenvalue weighted by Gasteiger charge is 2.22. The lowest BCUT2D eigenvalue weighted by atomic mass is 10.1. The molecular weight excluding hydrogens is 298 g/mol. The highest BCUT2D eigenvalue weighted by Crippen LogP contribution is 2.23. The van der Waals surface area contributed by atoms with Crippen LogP contribution in [-0.2, 0) is 13.0 Å². The molecular formula is C16H17N3O4. The van der Waals surface area contributed by atoms with Gasteiger partial charge in [0.15, 0.2) is 0 Å². The third-order valence-electron chi connectivity index (χ3n) is 3.40. The maximum absolute atomic E-state index is 12.2. The molecule has 120 valence electrons. The first kappa shape index (κ1) is 16.4. The molecule has 0 spiro atoms. The Morgan fingerprint density at radius 2 is 1.83 bits per heavy atom. The van der Waals surface area contributed by atoms with E-state index in [0.717, 1.165) is 11.1 Å². The number of carbonyl (C=O) groups excluding carboxylic acids is 1. The van der Waals surface area contributed by atoms with Crippen LogP contribution < -0.4 is 11.1 Å². The first-order valence-electron chi connectivity index (χ1n) is 7.02. The van der Waals surface area contributed by atoms with E-state index < -0.39 is 10.8 Å². The number of carbonyl (C=O) groups is 1. The van der Waals surface area contributed by atoms with Crippen LogP contribution in [0.4, 0.5) is 11.4 Å². The van der Waals surface area contributed by atoms with Gasteiger partial charge in [0.2, 0.25) is 0 Å². The smallest absolute Gasteiger partial charge is 0.284 e. The molecule has 0 aromatic heterocycles. The van der Waals surface area contributed by atoms with Gasteiger partial charge in [-0.15, -0.1) is 0 Å². The van der Waals surface area contributed by atoms with E-state index in [1.165, 1.54) is 18.2 Å². The van der Waals surface area contributed by atoms with E-state index in [2.05, 4.69) is 5.32 Å². The summed E-state index contributed by atoms with van der Waals surface area (Å²) in [5.41, 5.74) is 7.13. The number of benzene rings is 2.